The van der Waals surface area contributed by atoms with Crippen molar-refractivity contribution in [1.82, 2.24) is 5.32 Å². The molecule has 2 aromatic rings. The van der Waals surface area contributed by atoms with Crippen molar-refractivity contribution in [3.63, 3.8) is 0 Å². The number of halogens is 1. The molecule has 1 aromatic carbocycles. The van der Waals surface area contributed by atoms with Crippen LogP contribution in [0, 0.1) is 0 Å². The molecule has 2 amide bonds. The highest BCUT2D eigenvalue weighted by Crippen LogP contribution is 2.34. The average Bonchev–Trinajstić information content (AvgIpc) is 3.38. The summed E-state index contributed by atoms with van der Waals surface area (Å²) in [5, 5.41) is 5.77. The van der Waals surface area contributed by atoms with Gasteiger partial charge in [-0.05, 0) is 48.6 Å². The van der Waals surface area contributed by atoms with Crippen molar-refractivity contribution in [2.45, 2.75) is 32.7 Å². The van der Waals surface area contributed by atoms with Gasteiger partial charge < -0.3 is 10.1 Å². The first-order valence-corrected chi connectivity index (χ1v) is 12.1. The molecule has 9 heteroatoms. The number of hydrogen-bond donors (Lipinski definition) is 1. The lowest BCUT2D eigenvalue weighted by atomic mass is 10.2. The van der Waals surface area contributed by atoms with Crippen LogP contribution in [0.4, 0.5) is 5.69 Å². The first kappa shape index (κ1) is 23.4. The van der Waals surface area contributed by atoms with E-state index in [1.807, 2.05) is 31.4 Å². The molecular formula is C22H24ClN3O3S2. The van der Waals surface area contributed by atoms with Crippen LogP contribution < -0.4 is 15.0 Å². The molecule has 1 aromatic heterocycles. The van der Waals surface area contributed by atoms with Crippen molar-refractivity contribution in [2.75, 3.05) is 17.8 Å². The van der Waals surface area contributed by atoms with Gasteiger partial charge in [0.15, 0.2) is 5.17 Å². The fourth-order valence-corrected chi connectivity index (χ4v) is 4.74. The summed E-state index contributed by atoms with van der Waals surface area (Å²) in [5.74, 6) is 0.326. The second-order valence-corrected chi connectivity index (χ2v) is 9.10. The first-order valence-electron chi connectivity index (χ1n) is 9.90. The van der Waals surface area contributed by atoms with E-state index in [1.54, 1.807) is 24.3 Å². The summed E-state index contributed by atoms with van der Waals surface area (Å²) in [7, 11) is 1.53. The Morgan fingerprint density at radius 2 is 2.13 bits per heavy atom. The molecule has 0 saturated carbocycles. The number of thioether (sulfide) groups is 1. The Kier molecular flexibility index (Phi) is 8.17. The van der Waals surface area contributed by atoms with E-state index >= 15 is 0 Å². The third kappa shape index (κ3) is 5.70. The number of rotatable bonds is 8. The molecule has 0 fully saturated rings. The van der Waals surface area contributed by atoms with E-state index in [0.717, 1.165) is 17.7 Å². The SMILES string of the molecule is CCC(CC)NC(=O)CSC1=N/C(=C\c2cccs2)C(=O)N1c1ccc(OC)c(Cl)c1. The fraction of sp³-hybridized carbons (Fsp3) is 0.318. The number of thiophene rings is 1. The number of amides is 2. The molecule has 0 saturated heterocycles. The zero-order chi connectivity index (χ0) is 22.4. The molecular weight excluding hydrogens is 454 g/mol. The summed E-state index contributed by atoms with van der Waals surface area (Å²) in [4.78, 5) is 32.5. The molecule has 3 rings (SSSR count). The summed E-state index contributed by atoms with van der Waals surface area (Å²) in [5.41, 5.74) is 0.884. The molecule has 1 aliphatic rings. The lowest BCUT2D eigenvalue weighted by Gasteiger charge is -2.19. The number of benzene rings is 1. The lowest BCUT2D eigenvalue weighted by Crippen LogP contribution is -2.36. The zero-order valence-corrected chi connectivity index (χ0v) is 19.9. The minimum Gasteiger partial charge on any atom is -0.495 e. The Morgan fingerprint density at radius 1 is 1.35 bits per heavy atom. The molecule has 0 bridgehead atoms. The van der Waals surface area contributed by atoms with E-state index in [4.69, 9.17) is 16.3 Å². The smallest absolute Gasteiger partial charge is 0.283 e. The van der Waals surface area contributed by atoms with Gasteiger partial charge in [-0.3, -0.25) is 14.5 Å². The minimum absolute atomic E-state index is 0.0859. The number of methoxy groups -OCH3 is 1. The van der Waals surface area contributed by atoms with Crippen LogP contribution >= 0.6 is 34.7 Å². The van der Waals surface area contributed by atoms with E-state index in [2.05, 4.69) is 10.3 Å². The molecule has 0 aliphatic carbocycles. The number of amidine groups is 1. The summed E-state index contributed by atoms with van der Waals surface area (Å²) >= 11 is 9.03. The van der Waals surface area contributed by atoms with Gasteiger partial charge in [-0.1, -0.05) is 43.3 Å². The van der Waals surface area contributed by atoms with Gasteiger partial charge >= 0.3 is 0 Å². The third-order valence-electron chi connectivity index (χ3n) is 4.73. The Labute approximate surface area is 195 Å². The predicted molar refractivity (Wildman–Crippen MR) is 130 cm³/mol. The molecule has 31 heavy (non-hydrogen) atoms. The van der Waals surface area contributed by atoms with E-state index in [-0.39, 0.29) is 23.6 Å². The predicted octanol–water partition coefficient (Wildman–Crippen LogP) is 5.19. The Balaban J connectivity index is 1.86. The van der Waals surface area contributed by atoms with Gasteiger partial charge in [-0.15, -0.1) is 11.3 Å². The topological polar surface area (TPSA) is 71.0 Å². The maximum absolute atomic E-state index is 13.2. The number of carbonyl (C=O) groups excluding carboxylic acids is 2. The molecule has 6 nitrogen and oxygen atoms in total. The number of hydrogen-bond acceptors (Lipinski definition) is 6. The van der Waals surface area contributed by atoms with Gasteiger partial charge in [0.25, 0.3) is 5.91 Å². The second kappa shape index (κ2) is 10.8. The highest BCUT2D eigenvalue weighted by Gasteiger charge is 2.33. The standard InChI is InChI=1S/C22H24ClN3O3S2/c1-4-14(5-2)24-20(27)13-31-22-25-18(12-16-7-6-10-30-16)21(28)26(22)15-8-9-19(29-3)17(23)11-15/h6-12,14H,4-5,13H2,1-3H3,(H,24,27)/b18-12-. The molecule has 0 spiro atoms. The van der Waals surface area contributed by atoms with E-state index < -0.39 is 0 Å². The number of nitrogens with zero attached hydrogens (tertiary/aromatic N) is 2. The number of anilines is 1. The third-order valence-corrected chi connectivity index (χ3v) is 6.78. The Morgan fingerprint density at radius 3 is 2.74 bits per heavy atom. The van der Waals surface area contributed by atoms with E-state index in [0.29, 0.717) is 27.3 Å². The maximum atomic E-state index is 13.2. The molecule has 0 radical (unpaired) electrons. The van der Waals surface area contributed by atoms with Crippen molar-refractivity contribution in [3.8, 4) is 5.75 Å². The summed E-state index contributed by atoms with van der Waals surface area (Å²) in [6, 6.07) is 9.09. The van der Waals surface area contributed by atoms with Gasteiger partial charge in [0.05, 0.1) is 23.6 Å². The number of carbonyl (C=O) groups is 2. The summed E-state index contributed by atoms with van der Waals surface area (Å²) in [6.45, 7) is 4.08. The normalized spacial score (nSPS) is 15.0. The van der Waals surface area contributed by atoms with Crippen LogP contribution in [0.1, 0.15) is 31.6 Å². The number of nitrogens with one attached hydrogen (secondary N) is 1. The van der Waals surface area contributed by atoms with Gasteiger partial charge in [-0.2, -0.15) is 0 Å². The van der Waals surface area contributed by atoms with Crippen LogP contribution in [0.25, 0.3) is 6.08 Å². The maximum Gasteiger partial charge on any atom is 0.283 e. The molecule has 2 heterocycles. The van der Waals surface area contributed by atoms with Crippen LogP contribution in [0.2, 0.25) is 5.02 Å². The van der Waals surface area contributed by atoms with Gasteiger partial charge in [0.2, 0.25) is 5.91 Å². The lowest BCUT2D eigenvalue weighted by molar-refractivity contribution is -0.119. The van der Waals surface area contributed by atoms with Crippen molar-refractivity contribution < 1.29 is 14.3 Å². The number of ether oxygens (including phenoxy) is 1. The molecule has 1 aliphatic heterocycles. The first-order chi connectivity index (χ1) is 15.0. The van der Waals surface area contributed by atoms with Crippen LogP contribution in [-0.2, 0) is 9.59 Å². The second-order valence-electron chi connectivity index (χ2n) is 6.77. The van der Waals surface area contributed by atoms with Gasteiger partial charge in [-0.25, -0.2) is 4.99 Å². The highest BCUT2D eigenvalue weighted by atomic mass is 35.5. The monoisotopic (exact) mass is 477 g/mol. The van der Waals surface area contributed by atoms with Gasteiger partial charge in [0.1, 0.15) is 11.4 Å². The van der Waals surface area contributed by atoms with Crippen LogP contribution in [0.15, 0.2) is 46.4 Å². The minimum atomic E-state index is -0.266. The van der Waals surface area contributed by atoms with Crippen LogP contribution in [0.3, 0.4) is 0 Å². The van der Waals surface area contributed by atoms with Crippen molar-refractivity contribution in [2.24, 2.45) is 4.99 Å². The molecule has 0 atom stereocenters. The molecule has 164 valence electrons. The quantitative estimate of drug-likeness (QED) is 0.531. The van der Waals surface area contributed by atoms with Crippen molar-refractivity contribution >= 4 is 63.4 Å². The van der Waals surface area contributed by atoms with Crippen molar-refractivity contribution in [1.29, 1.82) is 0 Å². The zero-order valence-electron chi connectivity index (χ0n) is 17.6. The largest absolute Gasteiger partial charge is 0.495 e. The average molecular weight is 478 g/mol. The summed E-state index contributed by atoms with van der Waals surface area (Å²) < 4.78 is 5.21. The van der Waals surface area contributed by atoms with Crippen LogP contribution in [-0.4, -0.2) is 35.9 Å². The highest BCUT2D eigenvalue weighted by molar-refractivity contribution is 8.14. The van der Waals surface area contributed by atoms with E-state index in [9.17, 15) is 9.59 Å². The Bertz CT molecular complexity index is 1000. The number of aliphatic imine (C=N–C) groups is 1. The molecule has 0 unspecified atom stereocenters. The fourth-order valence-electron chi connectivity index (χ4n) is 3.02. The molecule has 1 N–H and O–H groups in total. The Hall–Kier alpha value is -2.29. The van der Waals surface area contributed by atoms with E-state index in [1.165, 1.54) is 35.1 Å². The van der Waals surface area contributed by atoms with Gasteiger partial charge in [0, 0.05) is 10.9 Å². The summed E-state index contributed by atoms with van der Waals surface area (Å²) in [6.07, 6.45) is 3.50. The van der Waals surface area contributed by atoms with Crippen LogP contribution in [0.5, 0.6) is 5.75 Å². The van der Waals surface area contributed by atoms with Crippen molar-refractivity contribution in [3.05, 3.63) is 51.3 Å².